The maximum absolute atomic E-state index is 12.2. The molecule has 3 rings (SSSR count). The molecule has 1 aliphatic rings. The van der Waals surface area contributed by atoms with Gasteiger partial charge < -0.3 is 31.2 Å². The average molecular weight is 443 g/mol. The lowest BCUT2D eigenvalue weighted by atomic mass is 10.0. The number of amides is 2. The first-order chi connectivity index (χ1) is 15.1. The molecule has 0 bridgehead atoms. The van der Waals surface area contributed by atoms with E-state index in [1.165, 1.54) is 6.20 Å². The van der Waals surface area contributed by atoms with Gasteiger partial charge in [0, 0.05) is 18.5 Å². The van der Waals surface area contributed by atoms with Crippen LogP contribution in [0.25, 0.3) is 0 Å². The standard InChI is InChI=1S/C22H30N6O4/c1-13-5-7-14(8-6-13)25-19-15(18(23)29)11-24-20(28-19)26-16-9-10-31-12-17(16)27-21(30)32-22(2,3)4/h5-8,11,16-17H,9-10,12H2,1-4H3,(H2,23,29)(H,27,30)(H2,24,25,26,28). The molecule has 0 aliphatic carbocycles. The molecule has 1 aliphatic heterocycles. The zero-order valence-corrected chi connectivity index (χ0v) is 18.8. The van der Waals surface area contributed by atoms with Crippen LogP contribution in [0.5, 0.6) is 0 Å². The van der Waals surface area contributed by atoms with Crippen LogP contribution in [0.3, 0.4) is 0 Å². The molecular weight excluding hydrogens is 412 g/mol. The van der Waals surface area contributed by atoms with Crippen molar-refractivity contribution in [3.05, 3.63) is 41.6 Å². The molecule has 1 aromatic carbocycles. The van der Waals surface area contributed by atoms with Gasteiger partial charge in [-0.05, 0) is 46.2 Å². The molecule has 2 atom stereocenters. The second kappa shape index (κ2) is 9.82. The van der Waals surface area contributed by atoms with Gasteiger partial charge in [-0.1, -0.05) is 17.7 Å². The van der Waals surface area contributed by atoms with Crippen molar-refractivity contribution >= 4 is 29.5 Å². The summed E-state index contributed by atoms with van der Waals surface area (Å²) in [6.45, 7) is 8.24. The summed E-state index contributed by atoms with van der Waals surface area (Å²) in [7, 11) is 0. The van der Waals surface area contributed by atoms with E-state index in [-0.39, 0.29) is 17.6 Å². The Morgan fingerprint density at radius 3 is 2.56 bits per heavy atom. The molecule has 0 radical (unpaired) electrons. The van der Waals surface area contributed by atoms with Gasteiger partial charge in [0.1, 0.15) is 17.0 Å². The van der Waals surface area contributed by atoms with Crippen LogP contribution in [-0.2, 0) is 9.47 Å². The van der Waals surface area contributed by atoms with E-state index < -0.39 is 17.6 Å². The van der Waals surface area contributed by atoms with Crippen molar-refractivity contribution in [2.45, 2.75) is 51.8 Å². The fraction of sp³-hybridized carbons (Fsp3) is 0.455. The van der Waals surface area contributed by atoms with Gasteiger partial charge in [0.2, 0.25) is 5.95 Å². The smallest absolute Gasteiger partial charge is 0.408 e. The number of ether oxygens (including phenoxy) is 2. The third kappa shape index (κ3) is 6.55. The molecule has 0 saturated carbocycles. The lowest BCUT2D eigenvalue weighted by Gasteiger charge is -2.33. The number of nitrogens with zero attached hydrogens (tertiary/aromatic N) is 2. The molecule has 2 amide bonds. The molecule has 1 saturated heterocycles. The van der Waals surface area contributed by atoms with E-state index >= 15 is 0 Å². The third-order valence-corrected chi connectivity index (χ3v) is 4.74. The number of rotatable bonds is 6. The number of carbonyl (C=O) groups is 2. The Hall–Kier alpha value is -3.40. The summed E-state index contributed by atoms with van der Waals surface area (Å²) in [5.74, 6) is -0.0447. The fourth-order valence-electron chi connectivity index (χ4n) is 3.18. The molecule has 2 aromatic rings. The first-order valence-corrected chi connectivity index (χ1v) is 10.4. The summed E-state index contributed by atoms with van der Waals surface area (Å²) in [6, 6.07) is 7.13. The highest BCUT2D eigenvalue weighted by atomic mass is 16.6. The number of nitrogens with one attached hydrogen (secondary N) is 3. The molecule has 5 N–H and O–H groups in total. The van der Waals surface area contributed by atoms with Crippen molar-refractivity contribution in [2.24, 2.45) is 5.73 Å². The van der Waals surface area contributed by atoms with Gasteiger partial charge in [-0.3, -0.25) is 4.79 Å². The summed E-state index contributed by atoms with van der Waals surface area (Å²) >= 11 is 0. The zero-order valence-electron chi connectivity index (χ0n) is 18.8. The Morgan fingerprint density at radius 2 is 1.91 bits per heavy atom. The van der Waals surface area contributed by atoms with Crippen LogP contribution >= 0.6 is 0 Å². The average Bonchev–Trinajstić information content (AvgIpc) is 2.70. The number of nitrogens with two attached hydrogens (primary N) is 1. The van der Waals surface area contributed by atoms with Gasteiger partial charge in [0.25, 0.3) is 5.91 Å². The maximum Gasteiger partial charge on any atom is 0.408 e. The molecule has 0 spiro atoms. The fourth-order valence-corrected chi connectivity index (χ4v) is 3.18. The van der Waals surface area contributed by atoms with Crippen LogP contribution in [0.1, 0.15) is 43.1 Å². The number of aromatic nitrogens is 2. The van der Waals surface area contributed by atoms with Crippen molar-refractivity contribution in [1.29, 1.82) is 0 Å². The number of carbonyl (C=O) groups excluding carboxylic acids is 2. The molecule has 1 aromatic heterocycles. The van der Waals surface area contributed by atoms with Crippen LogP contribution in [0.2, 0.25) is 0 Å². The van der Waals surface area contributed by atoms with Crippen molar-refractivity contribution in [2.75, 3.05) is 23.8 Å². The number of aryl methyl sites for hydroxylation is 1. The van der Waals surface area contributed by atoms with Gasteiger partial charge in [-0.15, -0.1) is 0 Å². The lowest BCUT2D eigenvalue weighted by Crippen LogP contribution is -2.53. The monoisotopic (exact) mass is 442 g/mol. The Labute approximate surface area is 187 Å². The lowest BCUT2D eigenvalue weighted by molar-refractivity contribution is 0.0317. The van der Waals surface area contributed by atoms with Crippen molar-refractivity contribution < 1.29 is 19.1 Å². The number of alkyl carbamates (subject to hydrolysis) is 1. The molecule has 2 heterocycles. The van der Waals surface area contributed by atoms with E-state index in [4.69, 9.17) is 15.2 Å². The minimum atomic E-state index is -0.637. The Bertz CT molecular complexity index is 958. The van der Waals surface area contributed by atoms with Crippen molar-refractivity contribution in [1.82, 2.24) is 15.3 Å². The highest BCUT2D eigenvalue weighted by Crippen LogP contribution is 2.21. The van der Waals surface area contributed by atoms with Gasteiger partial charge in [-0.2, -0.15) is 4.98 Å². The van der Waals surface area contributed by atoms with Crippen LogP contribution < -0.4 is 21.7 Å². The molecule has 1 fully saturated rings. The zero-order chi connectivity index (χ0) is 23.3. The van der Waals surface area contributed by atoms with Crippen molar-refractivity contribution in [3.63, 3.8) is 0 Å². The van der Waals surface area contributed by atoms with Gasteiger partial charge >= 0.3 is 6.09 Å². The van der Waals surface area contributed by atoms with Crippen LogP contribution in [-0.4, -0.2) is 52.9 Å². The van der Waals surface area contributed by atoms with Gasteiger partial charge in [0.05, 0.1) is 18.7 Å². The summed E-state index contributed by atoms with van der Waals surface area (Å²) in [4.78, 5) is 32.8. The largest absolute Gasteiger partial charge is 0.444 e. The number of hydrogen-bond acceptors (Lipinski definition) is 8. The molecule has 32 heavy (non-hydrogen) atoms. The Balaban J connectivity index is 1.76. The first-order valence-electron chi connectivity index (χ1n) is 10.4. The molecule has 10 nitrogen and oxygen atoms in total. The van der Waals surface area contributed by atoms with Gasteiger partial charge in [0.15, 0.2) is 0 Å². The van der Waals surface area contributed by atoms with E-state index in [9.17, 15) is 9.59 Å². The highest BCUT2D eigenvalue weighted by molar-refractivity contribution is 5.98. The minimum Gasteiger partial charge on any atom is -0.444 e. The molecule has 10 heteroatoms. The summed E-state index contributed by atoms with van der Waals surface area (Å²) < 4.78 is 10.9. The maximum atomic E-state index is 12.2. The number of hydrogen-bond donors (Lipinski definition) is 4. The predicted molar refractivity (Wildman–Crippen MR) is 121 cm³/mol. The summed E-state index contributed by atoms with van der Waals surface area (Å²) in [6.07, 6.45) is 1.48. The summed E-state index contributed by atoms with van der Waals surface area (Å²) in [5.41, 5.74) is 6.94. The SMILES string of the molecule is Cc1ccc(Nc2nc(NC3CCOCC3NC(=O)OC(C)(C)C)ncc2C(N)=O)cc1. The molecule has 2 unspecified atom stereocenters. The minimum absolute atomic E-state index is 0.173. The highest BCUT2D eigenvalue weighted by Gasteiger charge is 2.30. The van der Waals surface area contributed by atoms with E-state index in [1.807, 2.05) is 31.2 Å². The number of primary amides is 1. The summed E-state index contributed by atoms with van der Waals surface area (Å²) in [5, 5.41) is 9.20. The van der Waals surface area contributed by atoms with E-state index in [0.29, 0.717) is 31.4 Å². The van der Waals surface area contributed by atoms with E-state index in [2.05, 4.69) is 25.9 Å². The first kappa shape index (κ1) is 23.3. The van der Waals surface area contributed by atoms with Crippen molar-refractivity contribution in [3.8, 4) is 0 Å². The topological polar surface area (TPSA) is 140 Å². The van der Waals surface area contributed by atoms with Crippen LogP contribution in [0.4, 0.5) is 22.2 Å². The van der Waals surface area contributed by atoms with E-state index in [0.717, 1.165) is 11.3 Å². The Kier molecular flexibility index (Phi) is 7.14. The van der Waals surface area contributed by atoms with Crippen LogP contribution in [0.15, 0.2) is 30.5 Å². The second-order valence-corrected chi connectivity index (χ2v) is 8.68. The second-order valence-electron chi connectivity index (χ2n) is 8.68. The normalized spacial score (nSPS) is 18.5. The number of benzene rings is 1. The predicted octanol–water partition coefficient (Wildman–Crippen LogP) is 2.72. The van der Waals surface area contributed by atoms with Gasteiger partial charge in [-0.25, -0.2) is 9.78 Å². The van der Waals surface area contributed by atoms with Crippen LogP contribution in [0, 0.1) is 6.92 Å². The quantitative estimate of drug-likeness (QED) is 0.535. The molecule has 172 valence electrons. The van der Waals surface area contributed by atoms with E-state index in [1.54, 1.807) is 20.8 Å². The Morgan fingerprint density at radius 1 is 1.19 bits per heavy atom. The third-order valence-electron chi connectivity index (χ3n) is 4.74. The molecular formula is C22H30N6O4. The number of anilines is 3.